The van der Waals surface area contributed by atoms with Crippen molar-refractivity contribution in [1.29, 1.82) is 0 Å². The minimum absolute atomic E-state index is 0.139. The zero-order chi connectivity index (χ0) is 25.1. The van der Waals surface area contributed by atoms with E-state index < -0.39 is 17.8 Å². The summed E-state index contributed by atoms with van der Waals surface area (Å²) in [5.41, 5.74) is 1.38. The molecule has 3 unspecified atom stereocenters. The lowest BCUT2D eigenvalue weighted by Crippen LogP contribution is -2.52. The summed E-state index contributed by atoms with van der Waals surface area (Å²) in [4.78, 5) is 0. The number of methoxy groups -OCH3 is 1. The second-order valence-corrected chi connectivity index (χ2v) is 12.5. The summed E-state index contributed by atoms with van der Waals surface area (Å²) in [6, 6.07) is 0. The number of aliphatic hydroxyl groups excluding tert-OH is 2. The number of rotatable bonds is 9. The first-order chi connectivity index (χ1) is 15.9. The van der Waals surface area contributed by atoms with Crippen molar-refractivity contribution in [2.24, 2.45) is 23.2 Å². The molecule has 0 radical (unpaired) electrons. The van der Waals surface area contributed by atoms with E-state index in [1.54, 1.807) is 12.7 Å². The average molecular weight is 479 g/mol. The molecule has 0 aromatic rings. The van der Waals surface area contributed by atoms with Gasteiger partial charge in [-0.15, -0.1) is 0 Å². The lowest BCUT2D eigenvalue weighted by Gasteiger charge is -2.44. The van der Waals surface area contributed by atoms with Gasteiger partial charge in [-0.3, -0.25) is 0 Å². The smallest absolute Gasteiger partial charge is 0.147 e. The molecule has 3 rings (SSSR count). The molecule has 0 amide bonds. The predicted molar refractivity (Wildman–Crippen MR) is 136 cm³/mol. The summed E-state index contributed by atoms with van der Waals surface area (Å²) in [5, 5.41) is 30.8. The van der Waals surface area contributed by atoms with Gasteiger partial charge in [0.1, 0.15) is 12.4 Å². The molecule has 0 spiro atoms. The quantitative estimate of drug-likeness (QED) is 0.380. The number of aliphatic hydroxyl groups is 3. The molecule has 5 heteroatoms. The van der Waals surface area contributed by atoms with Crippen molar-refractivity contribution in [2.75, 3.05) is 13.9 Å². The van der Waals surface area contributed by atoms with E-state index in [1.165, 1.54) is 45.4 Å². The van der Waals surface area contributed by atoms with Gasteiger partial charge in [-0.05, 0) is 95.3 Å². The van der Waals surface area contributed by atoms with Crippen LogP contribution in [0.3, 0.4) is 0 Å². The summed E-state index contributed by atoms with van der Waals surface area (Å²) in [7, 11) is 1.67. The van der Waals surface area contributed by atoms with Crippen LogP contribution in [0.25, 0.3) is 0 Å². The Hall–Kier alpha value is -0.720. The highest BCUT2D eigenvalue weighted by Gasteiger charge is 2.50. The topological polar surface area (TPSA) is 79.2 Å². The molecule has 6 atom stereocenters. The maximum atomic E-state index is 10.3. The van der Waals surface area contributed by atoms with Gasteiger partial charge >= 0.3 is 0 Å². The fourth-order valence-electron chi connectivity index (χ4n) is 7.13. The van der Waals surface area contributed by atoms with Crippen molar-refractivity contribution in [3.8, 4) is 0 Å². The van der Waals surface area contributed by atoms with Crippen LogP contribution in [0.15, 0.2) is 23.3 Å². The van der Waals surface area contributed by atoms with Crippen molar-refractivity contribution in [2.45, 2.75) is 122 Å². The number of hydrogen-bond donors (Lipinski definition) is 3. The highest BCUT2D eigenvalue weighted by molar-refractivity contribution is 5.27. The SMILES string of the molecule is COCOC(C)(C)CCC[C@@H](C)C1CCC2/C(=C/C=C3C[C@@H](O)C(C)(O)[C@H](O)C3)CCCC21C. The third-order valence-electron chi connectivity index (χ3n) is 9.52. The third kappa shape index (κ3) is 6.15. The van der Waals surface area contributed by atoms with E-state index in [1.807, 2.05) is 0 Å². The summed E-state index contributed by atoms with van der Waals surface area (Å²) in [6.45, 7) is 11.2. The molecule has 196 valence electrons. The van der Waals surface area contributed by atoms with Gasteiger partial charge in [0, 0.05) is 7.11 Å². The highest BCUT2D eigenvalue weighted by Crippen LogP contribution is 2.60. The molecule has 0 aromatic heterocycles. The van der Waals surface area contributed by atoms with E-state index >= 15 is 0 Å². The van der Waals surface area contributed by atoms with Crippen LogP contribution in [0, 0.1) is 23.2 Å². The number of fused-ring (bicyclic) bond motifs is 1. The Labute approximate surface area is 207 Å². The summed E-state index contributed by atoms with van der Waals surface area (Å²) in [6.07, 6.45) is 13.2. The monoisotopic (exact) mass is 478 g/mol. The molecule has 0 saturated heterocycles. The van der Waals surface area contributed by atoms with Gasteiger partial charge in [-0.1, -0.05) is 50.0 Å². The molecular weight excluding hydrogens is 428 g/mol. The molecule has 5 nitrogen and oxygen atoms in total. The number of hydrogen-bond acceptors (Lipinski definition) is 5. The lowest BCUT2D eigenvalue weighted by molar-refractivity contribution is -0.144. The second-order valence-electron chi connectivity index (χ2n) is 12.5. The van der Waals surface area contributed by atoms with Crippen LogP contribution in [0.2, 0.25) is 0 Å². The summed E-state index contributed by atoms with van der Waals surface area (Å²) < 4.78 is 10.9. The Morgan fingerprint density at radius 2 is 1.79 bits per heavy atom. The van der Waals surface area contributed by atoms with E-state index in [2.05, 4.69) is 39.8 Å². The largest absolute Gasteiger partial charge is 0.390 e. The van der Waals surface area contributed by atoms with Crippen molar-refractivity contribution in [3.05, 3.63) is 23.3 Å². The van der Waals surface area contributed by atoms with Crippen molar-refractivity contribution in [3.63, 3.8) is 0 Å². The molecule has 3 fully saturated rings. The Balaban J connectivity index is 1.62. The molecule has 34 heavy (non-hydrogen) atoms. The zero-order valence-electron chi connectivity index (χ0n) is 22.5. The minimum atomic E-state index is -1.42. The maximum Gasteiger partial charge on any atom is 0.147 e. The number of ether oxygens (including phenoxy) is 2. The van der Waals surface area contributed by atoms with Gasteiger partial charge in [0.15, 0.2) is 0 Å². The molecule has 3 N–H and O–H groups in total. The van der Waals surface area contributed by atoms with E-state index in [0.717, 1.165) is 24.3 Å². The fourth-order valence-corrected chi connectivity index (χ4v) is 7.13. The third-order valence-corrected chi connectivity index (χ3v) is 9.52. The van der Waals surface area contributed by atoms with Gasteiger partial charge in [0.25, 0.3) is 0 Å². The van der Waals surface area contributed by atoms with E-state index in [0.29, 0.717) is 36.9 Å². The van der Waals surface area contributed by atoms with Gasteiger partial charge in [-0.25, -0.2) is 0 Å². The van der Waals surface area contributed by atoms with Crippen molar-refractivity contribution in [1.82, 2.24) is 0 Å². The van der Waals surface area contributed by atoms with Crippen molar-refractivity contribution < 1.29 is 24.8 Å². The van der Waals surface area contributed by atoms with Crippen LogP contribution in [0.1, 0.15) is 98.8 Å². The van der Waals surface area contributed by atoms with Gasteiger partial charge < -0.3 is 24.8 Å². The van der Waals surface area contributed by atoms with E-state index in [4.69, 9.17) is 9.47 Å². The first-order valence-electron chi connectivity index (χ1n) is 13.5. The number of allylic oxidation sites excluding steroid dienone is 3. The van der Waals surface area contributed by atoms with Crippen molar-refractivity contribution >= 4 is 0 Å². The molecule has 0 bridgehead atoms. The summed E-state index contributed by atoms with van der Waals surface area (Å²) >= 11 is 0. The molecule has 0 aliphatic heterocycles. The normalized spacial score (nSPS) is 38.7. The first-order valence-corrected chi connectivity index (χ1v) is 13.5. The second kappa shape index (κ2) is 11.1. The van der Waals surface area contributed by atoms with Gasteiger partial charge in [-0.2, -0.15) is 0 Å². The standard InChI is InChI=1S/C29H50O5/c1-20(9-7-15-27(2,3)34-19-33-6)23-13-14-24-22(10-8-16-28(23,24)4)12-11-21-17-25(30)29(5,32)26(31)18-21/h11-12,20,23-26,30-32H,7-10,13-19H2,1-6H3/b21-11?,22-12+/t20-,23?,24?,25-,26-,28?,29?/m1/s1. The van der Waals surface area contributed by atoms with Gasteiger partial charge in [0.2, 0.25) is 0 Å². The van der Waals surface area contributed by atoms with Crippen LogP contribution >= 0.6 is 0 Å². The van der Waals surface area contributed by atoms with E-state index in [-0.39, 0.29) is 5.60 Å². The fraction of sp³-hybridized carbons (Fsp3) is 0.862. The maximum absolute atomic E-state index is 10.3. The molecule has 3 aliphatic carbocycles. The Morgan fingerprint density at radius 3 is 2.44 bits per heavy atom. The van der Waals surface area contributed by atoms with Crippen LogP contribution in [0.5, 0.6) is 0 Å². The minimum Gasteiger partial charge on any atom is -0.390 e. The molecular formula is C29H50O5. The predicted octanol–water partition coefficient (Wildman–Crippen LogP) is 5.53. The van der Waals surface area contributed by atoms with Crippen LogP contribution in [-0.2, 0) is 9.47 Å². The van der Waals surface area contributed by atoms with Crippen LogP contribution < -0.4 is 0 Å². The van der Waals surface area contributed by atoms with E-state index in [9.17, 15) is 15.3 Å². The van der Waals surface area contributed by atoms with Gasteiger partial charge in [0.05, 0.1) is 17.8 Å². The zero-order valence-corrected chi connectivity index (χ0v) is 22.5. The molecule has 3 aliphatic rings. The average Bonchev–Trinajstić information content (AvgIpc) is 3.12. The molecule has 3 saturated carbocycles. The lowest BCUT2D eigenvalue weighted by atomic mass is 9.60. The first kappa shape index (κ1) is 27.9. The summed E-state index contributed by atoms with van der Waals surface area (Å²) in [5.74, 6) is 2.09. The Kier molecular flexibility index (Phi) is 9.12. The Morgan fingerprint density at radius 1 is 1.12 bits per heavy atom. The molecule has 0 aromatic carbocycles. The Bertz CT molecular complexity index is 723. The van der Waals surface area contributed by atoms with Crippen LogP contribution in [-0.4, -0.2) is 52.6 Å². The van der Waals surface area contributed by atoms with Crippen LogP contribution in [0.4, 0.5) is 0 Å². The molecule has 0 heterocycles. The highest BCUT2D eigenvalue weighted by atomic mass is 16.7.